The van der Waals surface area contributed by atoms with Crippen molar-refractivity contribution in [1.82, 2.24) is 16.0 Å². The molecule has 0 fully saturated rings. The lowest BCUT2D eigenvalue weighted by Crippen LogP contribution is -2.57. The van der Waals surface area contributed by atoms with Gasteiger partial charge in [0, 0.05) is 6.54 Å². The van der Waals surface area contributed by atoms with Gasteiger partial charge in [0.15, 0.2) is 5.96 Å². The molecule has 12 nitrogen and oxygen atoms in total. The standard InChI is InChI=1S/C21H41N7O5/c1-11(2)9-15(27-17(29)13(5)22)19(31)26-14(7-6-8-25-21(23)24)18(30)28-16(20(32)33)10-12(3)4/h11-16H,6-10,22H2,1-5H3,(H,26,31)(H,27,29)(H,28,30)(H,32,33)(H4,23,24,25). The van der Waals surface area contributed by atoms with Gasteiger partial charge in [-0.3, -0.25) is 19.4 Å². The van der Waals surface area contributed by atoms with E-state index in [0.717, 1.165) is 0 Å². The summed E-state index contributed by atoms with van der Waals surface area (Å²) >= 11 is 0. The largest absolute Gasteiger partial charge is 0.480 e. The molecule has 0 spiro atoms. The highest BCUT2D eigenvalue weighted by Crippen LogP contribution is 2.09. The normalized spacial score (nSPS) is 14.7. The summed E-state index contributed by atoms with van der Waals surface area (Å²) in [6.07, 6.45) is 1.09. The number of nitrogens with zero attached hydrogens (tertiary/aromatic N) is 1. The van der Waals surface area contributed by atoms with Gasteiger partial charge >= 0.3 is 5.97 Å². The molecule has 4 unspecified atom stereocenters. The number of rotatable bonds is 15. The third-order valence-electron chi connectivity index (χ3n) is 4.65. The van der Waals surface area contributed by atoms with Gasteiger partial charge < -0.3 is 38.3 Å². The summed E-state index contributed by atoms with van der Waals surface area (Å²) in [4.78, 5) is 53.3. The smallest absolute Gasteiger partial charge is 0.326 e. The minimum Gasteiger partial charge on any atom is -0.480 e. The fourth-order valence-corrected chi connectivity index (χ4v) is 3.02. The van der Waals surface area contributed by atoms with Gasteiger partial charge in [-0.05, 0) is 44.4 Å². The molecule has 0 saturated heterocycles. The summed E-state index contributed by atoms with van der Waals surface area (Å²) in [7, 11) is 0. The van der Waals surface area contributed by atoms with Gasteiger partial charge in [-0.15, -0.1) is 0 Å². The van der Waals surface area contributed by atoms with Crippen molar-refractivity contribution >= 4 is 29.7 Å². The van der Waals surface area contributed by atoms with Gasteiger partial charge in [0.2, 0.25) is 17.7 Å². The zero-order chi connectivity index (χ0) is 25.7. The lowest BCUT2D eigenvalue weighted by atomic mass is 10.0. The lowest BCUT2D eigenvalue weighted by molar-refractivity contribution is -0.142. The molecular weight excluding hydrogens is 430 g/mol. The number of guanidine groups is 1. The predicted molar refractivity (Wildman–Crippen MR) is 126 cm³/mol. The molecule has 0 aromatic carbocycles. The number of carbonyl (C=O) groups excluding carboxylic acids is 3. The Balaban J connectivity index is 5.55. The molecule has 0 aliphatic carbocycles. The number of nitrogens with two attached hydrogens (primary N) is 3. The van der Waals surface area contributed by atoms with Crippen molar-refractivity contribution in [2.75, 3.05) is 6.54 Å². The third-order valence-corrected chi connectivity index (χ3v) is 4.65. The number of hydrogen-bond donors (Lipinski definition) is 7. The Morgan fingerprint density at radius 3 is 1.70 bits per heavy atom. The molecule has 0 aromatic heterocycles. The topological polar surface area (TPSA) is 215 Å². The zero-order valence-electron chi connectivity index (χ0n) is 20.3. The molecule has 0 heterocycles. The number of carboxylic acids is 1. The summed E-state index contributed by atoms with van der Waals surface area (Å²) in [5, 5.41) is 17.2. The molecule has 12 heteroatoms. The Bertz CT molecular complexity index is 690. The van der Waals surface area contributed by atoms with E-state index in [4.69, 9.17) is 17.2 Å². The van der Waals surface area contributed by atoms with Crippen LogP contribution in [0, 0.1) is 11.8 Å². The number of aliphatic imine (C=N–C) groups is 1. The van der Waals surface area contributed by atoms with E-state index >= 15 is 0 Å². The van der Waals surface area contributed by atoms with Gasteiger partial charge in [-0.25, -0.2) is 4.79 Å². The monoisotopic (exact) mass is 471 g/mol. The van der Waals surface area contributed by atoms with Crippen LogP contribution in [0.15, 0.2) is 4.99 Å². The first-order valence-electron chi connectivity index (χ1n) is 11.2. The number of amides is 3. The highest BCUT2D eigenvalue weighted by molar-refractivity contribution is 5.94. The van der Waals surface area contributed by atoms with Crippen molar-refractivity contribution in [3.05, 3.63) is 0 Å². The molecule has 0 aliphatic rings. The molecule has 0 radical (unpaired) electrons. The van der Waals surface area contributed by atoms with Gasteiger partial charge in [0.1, 0.15) is 18.1 Å². The highest BCUT2D eigenvalue weighted by atomic mass is 16.4. The first-order chi connectivity index (χ1) is 15.2. The Morgan fingerprint density at radius 2 is 1.24 bits per heavy atom. The van der Waals surface area contributed by atoms with Crippen LogP contribution in [0.3, 0.4) is 0 Å². The van der Waals surface area contributed by atoms with Crippen LogP contribution in [0.1, 0.15) is 60.3 Å². The van der Waals surface area contributed by atoms with Gasteiger partial charge in [0.05, 0.1) is 6.04 Å². The van der Waals surface area contributed by atoms with Crippen LogP contribution in [0.5, 0.6) is 0 Å². The van der Waals surface area contributed by atoms with Crippen LogP contribution in [-0.4, -0.2) is 65.5 Å². The lowest BCUT2D eigenvalue weighted by Gasteiger charge is -2.26. The average molecular weight is 472 g/mol. The maximum Gasteiger partial charge on any atom is 0.326 e. The van der Waals surface area contributed by atoms with E-state index in [9.17, 15) is 24.3 Å². The first kappa shape index (κ1) is 30.1. The minimum absolute atomic E-state index is 0.0326. The van der Waals surface area contributed by atoms with Crippen LogP contribution in [0.2, 0.25) is 0 Å². The van der Waals surface area contributed by atoms with Crippen molar-refractivity contribution in [3.63, 3.8) is 0 Å². The Labute approximate surface area is 195 Å². The number of nitrogens with one attached hydrogen (secondary N) is 3. The molecule has 0 aromatic rings. The third kappa shape index (κ3) is 13.3. The number of carbonyl (C=O) groups is 4. The second kappa shape index (κ2) is 15.0. The Morgan fingerprint density at radius 1 is 0.788 bits per heavy atom. The molecular formula is C21H41N7O5. The van der Waals surface area contributed by atoms with Crippen LogP contribution in [0.25, 0.3) is 0 Å². The fourth-order valence-electron chi connectivity index (χ4n) is 3.02. The van der Waals surface area contributed by atoms with Crippen molar-refractivity contribution in [1.29, 1.82) is 0 Å². The van der Waals surface area contributed by atoms with Crippen LogP contribution < -0.4 is 33.2 Å². The van der Waals surface area contributed by atoms with Gasteiger partial charge in [-0.1, -0.05) is 27.7 Å². The zero-order valence-corrected chi connectivity index (χ0v) is 20.3. The van der Waals surface area contributed by atoms with E-state index in [0.29, 0.717) is 12.8 Å². The fraction of sp³-hybridized carbons (Fsp3) is 0.762. The summed E-state index contributed by atoms with van der Waals surface area (Å²) in [6, 6.07) is -3.85. The molecule has 0 saturated carbocycles. The maximum atomic E-state index is 13.0. The van der Waals surface area contributed by atoms with Gasteiger partial charge in [-0.2, -0.15) is 0 Å². The second-order valence-corrected chi connectivity index (χ2v) is 9.02. The summed E-state index contributed by atoms with van der Waals surface area (Å²) in [5.41, 5.74) is 16.2. The van der Waals surface area contributed by atoms with Crippen LogP contribution in [0.4, 0.5) is 0 Å². The van der Waals surface area contributed by atoms with Crippen LogP contribution in [-0.2, 0) is 19.2 Å². The molecule has 0 rings (SSSR count). The molecule has 190 valence electrons. The number of hydrogen-bond acceptors (Lipinski definition) is 6. The van der Waals surface area contributed by atoms with Crippen molar-refractivity contribution in [2.24, 2.45) is 34.0 Å². The summed E-state index contributed by atoms with van der Waals surface area (Å²) in [6.45, 7) is 9.19. The average Bonchev–Trinajstić information content (AvgIpc) is 2.67. The minimum atomic E-state index is -1.16. The van der Waals surface area contributed by atoms with Crippen molar-refractivity contribution < 1.29 is 24.3 Å². The SMILES string of the molecule is CC(C)CC(NC(=O)C(CCCN=C(N)N)NC(=O)C(CC(C)C)NC(=O)C(C)N)C(=O)O. The van der Waals surface area contributed by atoms with E-state index in [1.807, 2.05) is 27.7 Å². The maximum absolute atomic E-state index is 13.0. The van der Waals surface area contributed by atoms with E-state index in [1.165, 1.54) is 6.92 Å². The molecule has 10 N–H and O–H groups in total. The molecule has 33 heavy (non-hydrogen) atoms. The number of carboxylic acid groups (broad SMARTS) is 1. The Hall–Kier alpha value is -2.89. The summed E-state index contributed by atoms with van der Waals surface area (Å²) < 4.78 is 0. The van der Waals surface area contributed by atoms with Crippen molar-refractivity contribution in [3.8, 4) is 0 Å². The number of aliphatic carboxylic acids is 1. The molecule has 0 aliphatic heterocycles. The molecule has 3 amide bonds. The van der Waals surface area contributed by atoms with E-state index in [2.05, 4.69) is 20.9 Å². The van der Waals surface area contributed by atoms with E-state index < -0.39 is 47.9 Å². The second-order valence-electron chi connectivity index (χ2n) is 9.02. The van der Waals surface area contributed by atoms with Crippen LogP contribution >= 0.6 is 0 Å². The van der Waals surface area contributed by atoms with E-state index in [-0.39, 0.29) is 37.2 Å². The molecule has 0 bridgehead atoms. The summed E-state index contributed by atoms with van der Waals surface area (Å²) in [5.74, 6) is -2.84. The Kier molecular flexibility index (Phi) is 13.7. The van der Waals surface area contributed by atoms with Crippen molar-refractivity contribution in [2.45, 2.75) is 84.5 Å². The van der Waals surface area contributed by atoms with Gasteiger partial charge in [0.25, 0.3) is 0 Å². The predicted octanol–water partition coefficient (Wildman–Crippen LogP) is -0.982. The molecule has 4 atom stereocenters. The first-order valence-corrected chi connectivity index (χ1v) is 11.2. The van der Waals surface area contributed by atoms with E-state index in [1.54, 1.807) is 0 Å². The highest BCUT2D eigenvalue weighted by Gasteiger charge is 2.30. The quantitative estimate of drug-likeness (QED) is 0.0892.